The van der Waals surface area contributed by atoms with E-state index in [0.717, 1.165) is 5.52 Å². The number of carboxylic acid groups (broad SMARTS) is 1. The number of carbonyl (C=O) groups is 2. The van der Waals surface area contributed by atoms with Gasteiger partial charge in [0.15, 0.2) is 0 Å². The lowest BCUT2D eigenvalue weighted by atomic mass is 9.80. The summed E-state index contributed by atoms with van der Waals surface area (Å²) >= 11 is 0. The molecule has 0 saturated heterocycles. The molecule has 0 atom stereocenters. The predicted octanol–water partition coefficient (Wildman–Crippen LogP) is 1.53. The standard InChI is InChI=1S/C15H15N3O5/c19-14(16-11-5-10(6-11)15(20)21)8-17-4-3-9-7-12(18(22)23)1-2-13(9)17/h1-4,7,10-11H,5-6,8H2,(H,16,19)(H,20,21). The Morgan fingerprint density at radius 2 is 2.09 bits per heavy atom. The van der Waals surface area contributed by atoms with Crippen LogP contribution in [0.5, 0.6) is 0 Å². The van der Waals surface area contributed by atoms with Crippen molar-refractivity contribution < 1.29 is 19.6 Å². The molecule has 3 rings (SSSR count). The molecule has 23 heavy (non-hydrogen) atoms. The quantitative estimate of drug-likeness (QED) is 0.641. The first-order valence-electron chi connectivity index (χ1n) is 7.19. The number of nitrogens with zero attached hydrogens (tertiary/aromatic N) is 2. The lowest BCUT2D eigenvalue weighted by molar-refractivity contribution is -0.384. The number of nitro groups is 1. The van der Waals surface area contributed by atoms with Crippen LogP contribution in [0.2, 0.25) is 0 Å². The Hall–Kier alpha value is -2.90. The second kappa shape index (κ2) is 5.71. The summed E-state index contributed by atoms with van der Waals surface area (Å²) in [6.45, 7) is 0.0928. The van der Waals surface area contributed by atoms with Crippen LogP contribution in [-0.4, -0.2) is 32.5 Å². The van der Waals surface area contributed by atoms with Gasteiger partial charge in [-0.2, -0.15) is 0 Å². The molecule has 8 heteroatoms. The number of hydrogen-bond acceptors (Lipinski definition) is 4. The fourth-order valence-electron chi connectivity index (χ4n) is 2.80. The molecule has 1 aromatic heterocycles. The molecule has 120 valence electrons. The van der Waals surface area contributed by atoms with Gasteiger partial charge in [0.25, 0.3) is 5.69 Å². The monoisotopic (exact) mass is 317 g/mol. The molecule has 1 fully saturated rings. The summed E-state index contributed by atoms with van der Waals surface area (Å²) in [6, 6.07) is 6.11. The summed E-state index contributed by atoms with van der Waals surface area (Å²) in [5.41, 5.74) is 0.747. The fraction of sp³-hybridized carbons (Fsp3) is 0.333. The zero-order chi connectivity index (χ0) is 16.6. The largest absolute Gasteiger partial charge is 0.481 e. The van der Waals surface area contributed by atoms with Crippen LogP contribution in [0, 0.1) is 16.0 Å². The molecule has 8 nitrogen and oxygen atoms in total. The van der Waals surface area contributed by atoms with Crippen molar-refractivity contribution in [2.75, 3.05) is 0 Å². The topological polar surface area (TPSA) is 114 Å². The lowest BCUT2D eigenvalue weighted by Gasteiger charge is -2.32. The first-order chi connectivity index (χ1) is 10.9. The number of aromatic nitrogens is 1. The van der Waals surface area contributed by atoms with Gasteiger partial charge in [0, 0.05) is 35.3 Å². The Morgan fingerprint density at radius 1 is 1.35 bits per heavy atom. The maximum absolute atomic E-state index is 12.0. The number of nitro benzene ring substituents is 1. The maximum atomic E-state index is 12.0. The van der Waals surface area contributed by atoms with Crippen molar-refractivity contribution in [2.24, 2.45) is 5.92 Å². The number of aliphatic carboxylic acids is 1. The summed E-state index contributed by atoms with van der Waals surface area (Å²) in [5, 5.41) is 23.1. The van der Waals surface area contributed by atoms with Gasteiger partial charge in [-0.05, 0) is 25.0 Å². The molecule has 0 radical (unpaired) electrons. The predicted molar refractivity (Wildman–Crippen MR) is 80.9 cm³/mol. The van der Waals surface area contributed by atoms with E-state index < -0.39 is 10.9 Å². The molecule has 2 aromatic rings. The third-order valence-corrected chi connectivity index (χ3v) is 4.13. The highest BCUT2D eigenvalue weighted by Crippen LogP contribution is 2.27. The normalized spacial score (nSPS) is 20.0. The van der Waals surface area contributed by atoms with Crippen molar-refractivity contribution in [3.63, 3.8) is 0 Å². The molecule has 1 aliphatic carbocycles. The van der Waals surface area contributed by atoms with Gasteiger partial charge in [-0.1, -0.05) is 0 Å². The van der Waals surface area contributed by atoms with E-state index in [-0.39, 0.29) is 30.1 Å². The van der Waals surface area contributed by atoms with Crippen LogP contribution in [0.25, 0.3) is 10.9 Å². The Bertz CT molecular complexity index is 792. The van der Waals surface area contributed by atoms with Crippen molar-refractivity contribution in [2.45, 2.75) is 25.4 Å². The second-order valence-electron chi connectivity index (χ2n) is 5.71. The van der Waals surface area contributed by atoms with E-state index in [4.69, 9.17) is 5.11 Å². The van der Waals surface area contributed by atoms with E-state index >= 15 is 0 Å². The average Bonchev–Trinajstić information content (AvgIpc) is 2.84. The number of fused-ring (bicyclic) bond motifs is 1. The van der Waals surface area contributed by atoms with E-state index in [2.05, 4.69) is 5.32 Å². The van der Waals surface area contributed by atoms with Crippen molar-refractivity contribution in [1.29, 1.82) is 0 Å². The highest BCUT2D eigenvalue weighted by molar-refractivity contribution is 5.85. The van der Waals surface area contributed by atoms with Gasteiger partial charge < -0.3 is 15.0 Å². The summed E-state index contributed by atoms with van der Waals surface area (Å²) in [7, 11) is 0. The highest BCUT2D eigenvalue weighted by atomic mass is 16.6. The number of rotatable bonds is 5. The van der Waals surface area contributed by atoms with Crippen LogP contribution in [0.3, 0.4) is 0 Å². The van der Waals surface area contributed by atoms with Crippen molar-refractivity contribution in [1.82, 2.24) is 9.88 Å². The lowest BCUT2D eigenvalue weighted by Crippen LogP contribution is -2.47. The molecule has 2 N–H and O–H groups in total. The molecule has 1 aliphatic rings. The zero-order valence-electron chi connectivity index (χ0n) is 12.1. The highest BCUT2D eigenvalue weighted by Gasteiger charge is 2.35. The molecule has 0 aliphatic heterocycles. The molecular formula is C15H15N3O5. The van der Waals surface area contributed by atoms with Crippen LogP contribution >= 0.6 is 0 Å². The number of hydrogen-bond donors (Lipinski definition) is 2. The molecule has 1 heterocycles. The van der Waals surface area contributed by atoms with E-state index in [1.54, 1.807) is 22.9 Å². The van der Waals surface area contributed by atoms with Crippen molar-refractivity contribution >= 4 is 28.5 Å². The number of non-ortho nitro benzene ring substituents is 1. The number of carbonyl (C=O) groups excluding carboxylic acids is 1. The van der Waals surface area contributed by atoms with Gasteiger partial charge >= 0.3 is 5.97 Å². The fourth-order valence-corrected chi connectivity index (χ4v) is 2.80. The Balaban J connectivity index is 1.64. The van der Waals surface area contributed by atoms with Crippen LogP contribution in [0.1, 0.15) is 12.8 Å². The van der Waals surface area contributed by atoms with Gasteiger partial charge in [0.2, 0.25) is 5.91 Å². The summed E-state index contributed by atoms with van der Waals surface area (Å²) in [6.07, 6.45) is 2.62. The Morgan fingerprint density at radius 3 is 2.74 bits per heavy atom. The van der Waals surface area contributed by atoms with Gasteiger partial charge in [0.05, 0.1) is 10.8 Å². The second-order valence-corrected chi connectivity index (χ2v) is 5.71. The number of benzene rings is 1. The minimum atomic E-state index is -0.825. The molecular weight excluding hydrogens is 302 g/mol. The number of amides is 1. The van der Waals surface area contributed by atoms with Crippen molar-refractivity contribution in [3.05, 3.63) is 40.6 Å². The van der Waals surface area contributed by atoms with Crippen LogP contribution < -0.4 is 5.32 Å². The molecule has 0 bridgehead atoms. The van der Waals surface area contributed by atoms with E-state index in [1.807, 2.05) is 0 Å². The van der Waals surface area contributed by atoms with Crippen molar-refractivity contribution in [3.8, 4) is 0 Å². The third kappa shape index (κ3) is 3.01. The van der Waals surface area contributed by atoms with Gasteiger partial charge in [0.1, 0.15) is 6.54 Å². The first-order valence-corrected chi connectivity index (χ1v) is 7.19. The number of carboxylic acids is 1. The zero-order valence-corrected chi connectivity index (χ0v) is 12.1. The van der Waals surface area contributed by atoms with Crippen LogP contribution in [0.15, 0.2) is 30.5 Å². The molecule has 1 amide bonds. The average molecular weight is 317 g/mol. The number of nitrogens with one attached hydrogen (secondary N) is 1. The van der Waals surface area contributed by atoms with Gasteiger partial charge in [-0.25, -0.2) is 0 Å². The molecule has 1 saturated carbocycles. The molecule has 0 unspecified atom stereocenters. The van der Waals surface area contributed by atoms with Crippen LogP contribution in [0.4, 0.5) is 5.69 Å². The third-order valence-electron chi connectivity index (χ3n) is 4.13. The van der Waals surface area contributed by atoms with E-state index in [1.165, 1.54) is 12.1 Å². The van der Waals surface area contributed by atoms with E-state index in [0.29, 0.717) is 18.2 Å². The Kier molecular flexibility index (Phi) is 3.73. The van der Waals surface area contributed by atoms with Gasteiger partial charge in [-0.15, -0.1) is 0 Å². The summed E-state index contributed by atoms with van der Waals surface area (Å²) in [4.78, 5) is 33.0. The first kappa shape index (κ1) is 15.0. The smallest absolute Gasteiger partial charge is 0.306 e. The molecule has 1 aromatic carbocycles. The van der Waals surface area contributed by atoms with Gasteiger partial charge in [-0.3, -0.25) is 19.7 Å². The SMILES string of the molecule is O=C(Cn1ccc2cc([N+](=O)[O-])ccc21)NC1CC(C(=O)O)C1. The van der Waals surface area contributed by atoms with Crippen LogP contribution in [-0.2, 0) is 16.1 Å². The Labute approximate surface area is 130 Å². The van der Waals surface area contributed by atoms with E-state index in [9.17, 15) is 19.7 Å². The minimum Gasteiger partial charge on any atom is -0.481 e. The maximum Gasteiger partial charge on any atom is 0.306 e. The summed E-state index contributed by atoms with van der Waals surface area (Å²) < 4.78 is 1.71. The minimum absolute atomic E-state index is 0.00822. The molecule has 0 spiro atoms. The summed E-state index contributed by atoms with van der Waals surface area (Å²) in [5.74, 6) is -1.39.